The van der Waals surface area contributed by atoms with Crippen molar-refractivity contribution in [2.75, 3.05) is 6.61 Å². The SMILES string of the molecule is O=C(COc1ccc(Cl)cc1Cl)OC(c1cccs1)P(=O)(O)O. The molecule has 0 fully saturated rings. The Morgan fingerprint density at radius 2 is 2.04 bits per heavy atom. The van der Waals surface area contributed by atoms with E-state index in [1.807, 2.05) is 0 Å². The fraction of sp³-hybridized carbons (Fsp3) is 0.154. The molecule has 2 aromatic rings. The monoisotopic (exact) mass is 396 g/mol. The molecular weight excluding hydrogens is 386 g/mol. The lowest BCUT2D eigenvalue weighted by molar-refractivity contribution is -0.148. The summed E-state index contributed by atoms with van der Waals surface area (Å²) in [6, 6.07) is 7.50. The van der Waals surface area contributed by atoms with Gasteiger partial charge in [-0.15, -0.1) is 11.3 Å². The Morgan fingerprint density at radius 3 is 2.61 bits per heavy atom. The summed E-state index contributed by atoms with van der Waals surface area (Å²) in [5, 5.41) is 2.23. The predicted octanol–water partition coefficient (Wildman–Crippen LogP) is 3.85. The van der Waals surface area contributed by atoms with Crippen molar-refractivity contribution in [1.82, 2.24) is 0 Å². The highest BCUT2D eigenvalue weighted by Crippen LogP contribution is 2.53. The average Bonchev–Trinajstić information content (AvgIpc) is 2.96. The smallest absolute Gasteiger partial charge is 0.371 e. The summed E-state index contributed by atoms with van der Waals surface area (Å²) >= 11 is 12.7. The number of thiophene rings is 1. The Bertz CT molecular complexity index is 730. The van der Waals surface area contributed by atoms with E-state index >= 15 is 0 Å². The summed E-state index contributed by atoms with van der Waals surface area (Å²) in [6.45, 7) is -0.552. The molecule has 23 heavy (non-hydrogen) atoms. The predicted molar refractivity (Wildman–Crippen MR) is 87.2 cm³/mol. The van der Waals surface area contributed by atoms with Crippen molar-refractivity contribution >= 4 is 48.1 Å². The molecule has 0 bridgehead atoms. The van der Waals surface area contributed by atoms with Gasteiger partial charge in [-0.3, -0.25) is 4.57 Å². The van der Waals surface area contributed by atoms with Crippen LogP contribution >= 0.6 is 42.1 Å². The van der Waals surface area contributed by atoms with Gasteiger partial charge in [-0.25, -0.2) is 4.79 Å². The highest BCUT2D eigenvalue weighted by atomic mass is 35.5. The van der Waals surface area contributed by atoms with Crippen LogP contribution in [0.2, 0.25) is 10.0 Å². The van der Waals surface area contributed by atoms with Crippen molar-refractivity contribution in [3.05, 3.63) is 50.6 Å². The molecule has 0 radical (unpaired) electrons. The van der Waals surface area contributed by atoms with Crippen LogP contribution in [-0.4, -0.2) is 22.4 Å². The molecule has 0 saturated carbocycles. The van der Waals surface area contributed by atoms with Crippen LogP contribution in [0.25, 0.3) is 0 Å². The Kier molecular flexibility index (Phi) is 6.08. The number of hydrogen-bond acceptors (Lipinski definition) is 5. The molecule has 0 aliphatic carbocycles. The molecule has 1 heterocycles. The number of benzene rings is 1. The van der Waals surface area contributed by atoms with E-state index in [0.29, 0.717) is 5.02 Å². The fourth-order valence-corrected chi connectivity index (χ4v) is 3.98. The van der Waals surface area contributed by atoms with Crippen LogP contribution in [0.15, 0.2) is 35.7 Å². The molecule has 2 N–H and O–H groups in total. The second-order valence-electron chi connectivity index (χ2n) is 4.31. The Morgan fingerprint density at radius 1 is 1.30 bits per heavy atom. The zero-order valence-corrected chi connectivity index (χ0v) is 14.6. The van der Waals surface area contributed by atoms with E-state index in [1.165, 1.54) is 24.3 Å². The number of esters is 1. The lowest BCUT2D eigenvalue weighted by atomic mass is 10.3. The molecule has 0 amide bonds. The van der Waals surface area contributed by atoms with Crippen LogP contribution in [0.1, 0.15) is 10.7 Å². The van der Waals surface area contributed by atoms with Gasteiger partial charge in [0.25, 0.3) is 0 Å². The molecule has 0 aliphatic heterocycles. The first-order valence-electron chi connectivity index (χ1n) is 6.13. The van der Waals surface area contributed by atoms with Gasteiger partial charge in [-0.2, -0.15) is 0 Å². The van der Waals surface area contributed by atoms with Crippen molar-refractivity contribution in [3.8, 4) is 5.75 Å². The first kappa shape index (κ1) is 18.3. The molecule has 1 aromatic heterocycles. The molecule has 6 nitrogen and oxygen atoms in total. The summed E-state index contributed by atoms with van der Waals surface area (Å²) in [6.07, 6.45) is 0. The third-order valence-electron chi connectivity index (χ3n) is 2.57. The number of carbonyl (C=O) groups excluding carboxylic acids is 1. The van der Waals surface area contributed by atoms with Gasteiger partial charge in [0.1, 0.15) is 5.75 Å². The van der Waals surface area contributed by atoms with Crippen molar-refractivity contribution in [2.24, 2.45) is 0 Å². The first-order valence-corrected chi connectivity index (χ1v) is 9.45. The largest absolute Gasteiger partial charge is 0.480 e. The zero-order valence-electron chi connectivity index (χ0n) is 11.4. The number of carbonyl (C=O) groups is 1. The summed E-state index contributed by atoms with van der Waals surface area (Å²) in [5.41, 5.74) is 0. The van der Waals surface area contributed by atoms with Gasteiger partial charge in [0.05, 0.1) is 9.90 Å². The molecular formula is C13H11Cl2O6PS. The maximum atomic E-state index is 11.8. The Hall–Kier alpha value is -1.08. The van der Waals surface area contributed by atoms with Gasteiger partial charge < -0.3 is 19.3 Å². The second kappa shape index (κ2) is 7.66. The van der Waals surface area contributed by atoms with Gasteiger partial charge >= 0.3 is 13.6 Å². The molecule has 1 atom stereocenters. The third-order valence-corrected chi connectivity index (χ3v) is 5.19. The summed E-state index contributed by atoms with van der Waals surface area (Å²) in [7, 11) is -4.66. The second-order valence-corrected chi connectivity index (χ2v) is 7.78. The molecule has 10 heteroatoms. The summed E-state index contributed by atoms with van der Waals surface area (Å²) in [5.74, 6) is -2.38. The van der Waals surface area contributed by atoms with Crippen LogP contribution in [0.5, 0.6) is 5.75 Å². The quantitative estimate of drug-likeness (QED) is 0.568. The fourth-order valence-electron chi connectivity index (χ4n) is 1.61. The van der Waals surface area contributed by atoms with Gasteiger partial charge in [0, 0.05) is 5.02 Å². The molecule has 0 spiro atoms. The van der Waals surface area contributed by atoms with E-state index in [4.69, 9.17) is 32.7 Å². The minimum absolute atomic E-state index is 0.204. The Labute approximate surface area is 145 Å². The standard InChI is InChI=1S/C13H11Cl2O6PS/c14-8-3-4-10(9(15)6-8)20-7-12(16)21-13(22(17,18)19)11-2-1-5-23-11/h1-6,13H,7H2,(H2,17,18,19). The lowest BCUT2D eigenvalue weighted by Crippen LogP contribution is -2.18. The highest BCUT2D eigenvalue weighted by molar-refractivity contribution is 7.52. The van der Waals surface area contributed by atoms with E-state index in [-0.39, 0.29) is 15.6 Å². The van der Waals surface area contributed by atoms with Crippen LogP contribution < -0.4 is 4.74 Å². The lowest BCUT2D eigenvalue weighted by Gasteiger charge is -2.18. The molecule has 1 unspecified atom stereocenters. The van der Waals surface area contributed by atoms with E-state index in [0.717, 1.165) is 11.3 Å². The van der Waals surface area contributed by atoms with E-state index in [2.05, 4.69) is 0 Å². The van der Waals surface area contributed by atoms with Crippen LogP contribution in [0.3, 0.4) is 0 Å². The van der Waals surface area contributed by atoms with Gasteiger partial charge in [-0.05, 0) is 29.6 Å². The number of rotatable bonds is 6. The normalized spacial score (nSPS) is 12.7. The summed E-state index contributed by atoms with van der Waals surface area (Å²) < 4.78 is 21.5. The highest BCUT2D eigenvalue weighted by Gasteiger charge is 2.35. The number of halogens is 2. The first-order chi connectivity index (χ1) is 10.8. The molecule has 0 saturated heterocycles. The number of ether oxygens (including phenoxy) is 2. The minimum atomic E-state index is -4.66. The van der Waals surface area contributed by atoms with Crippen molar-refractivity contribution in [3.63, 3.8) is 0 Å². The summed E-state index contributed by atoms with van der Waals surface area (Å²) in [4.78, 5) is 30.7. The van der Waals surface area contributed by atoms with Gasteiger partial charge in [0.2, 0.25) is 5.85 Å². The van der Waals surface area contributed by atoms with Crippen molar-refractivity contribution < 1.29 is 28.6 Å². The third kappa shape index (κ3) is 5.21. The van der Waals surface area contributed by atoms with Gasteiger partial charge in [0.15, 0.2) is 6.61 Å². The van der Waals surface area contributed by atoms with Crippen molar-refractivity contribution in [2.45, 2.75) is 5.85 Å². The average molecular weight is 397 g/mol. The maximum Gasteiger partial charge on any atom is 0.371 e. The van der Waals surface area contributed by atoms with Crippen LogP contribution in [0.4, 0.5) is 0 Å². The van der Waals surface area contributed by atoms with Crippen molar-refractivity contribution in [1.29, 1.82) is 0 Å². The maximum absolute atomic E-state index is 11.8. The molecule has 2 rings (SSSR count). The van der Waals surface area contributed by atoms with Gasteiger partial charge in [-0.1, -0.05) is 29.3 Å². The van der Waals surface area contributed by atoms with E-state index in [9.17, 15) is 19.1 Å². The van der Waals surface area contributed by atoms with E-state index < -0.39 is 26.0 Å². The molecule has 0 aliphatic rings. The van der Waals surface area contributed by atoms with Crippen LogP contribution in [0, 0.1) is 0 Å². The zero-order chi connectivity index (χ0) is 17.0. The van der Waals surface area contributed by atoms with Crippen LogP contribution in [-0.2, 0) is 14.1 Å². The minimum Gasteiger partial charge on any atom is -0.480 e. The molecule has 1 aromatic carbocycles. The Balaban J connectivity index is 2.01. The topological polar surface area (TPSA) is 93.1 Å². The van der Waals surface area contributed by atoms with E-state index in [1.54, 1.807) is 11.4 Å². The molecule has 124 valence electrons. The number of hydrogen-bond donors (Lipinski definition) is 2.